The van der Waals surface area contributed by atoms with E-state index in [1.54, 1.807) is 17.0 Å². The Bertz CT molecular complexity index is 709. The van der Waals surface area contributed by atoms with E-state index in [4.69, 9.17) is 0 Å². The van der Waals surface area contributed by atoms with Crippen molar-refractivity contribution >= 4 is 17.7 Å². The number of aryl methyl sites for hydroxylation is 1. The van der Waals surface area contributed by atoms with Gasteiger partial charge >= 0.3 is 0 Å². The molecule has 1 unspecified atom stereocenters. The van der Waals surface area contributed by atoms with Crippen LogP contribution in [0.1, 0.15) is 24.5 Å². The topological polar surface area (TPSA) is 20.3 Å². The molecule has 1 aliphatic heterocycles. The third-order valence-corrected chi connectivity index (χ3v) is 4.03. The number of amides is 1. The first-order valence-electron chi connectivity index (χ1n) is 7.50. The van der Waals surface area contributed by atoms with Gasteiger partial charge in [0.2, 0.25) is 0 Å². The molecule has 2 nitrogen and oxygen atoms in total. The Balaban J connectivity index is 1.87. The van der Waals surface area contributed by atoms with Gasteiger partial charge in [-0.05, 0) is 55.2 Å². The number of carbonyl (C=O) groups is 1. The summed E-state index contributed by atoms with van der Waals surface area (Å²) in [4.78, 5) is 14.3. The molecule has 0 saturated carbocycles. The number of halogens is 1. The van der Waals surface area contributed by atoms with E-state index in [1.165, 1.54) is 12.1 Å². The van der Waals surface area contributed by atoms with Gasteiger partial charge in [0.1, 0.15) is 5.82 Å². The predicted molar refractivity (Wildman–Crippen MR) is 87.1 cm³/mol. The van der Waals surface area contributed by atoms with E-state index in [2.05, 4.69) is 0 Å². The molecule has 0 aromatic heterocycles. The molecule has 0 fully saturated rings. The lowest BCUT2D eigenvalue weighted by Gasteiger charge is -2.34. The summed E-state index contributed by atoms with van der Waals surface area (Å²) < 4.78 is 13.4. The van der Waals surface area contributed by atoms with E-state index in [-0.39, 0.29) is 17.8 Å². The fourth-order valence-electron chi connectivity index (χ4n) is 2.87. The van der Waals surface area contributed by atoms with Crippen LogP contribution in [0.4, 0.5) is 10.1 Å². The maximum absolute atomic E-state index is 13.4. The molecule has 0 N–H and O–H groups in total. The third kappa shape index (κ3) is 2.93. The number of hydrogen-bond acceptors (Lipinski definition) is 1. The standard InChI is InChI=1S/C19H18FNO/c1-14-7-9-16-13-17(20)10-11-18(16)21(14)19(22)12-8-15-5-3-2-4-6-15/h2-6,8,10-14H,7,9H2,1H3. The molecule has 112 valence electrons. The Morgan fingerprint density at radius 2 is 2.00 bits per heavy atom. The summed E-state index contributed by atoms with van der Waals surface area (Å²) in [6.07, 6.45) is 5.05. The Hall–Kier alpha value is -2.42. The van der Waals surface area contributed by atoms with E-state index in [1.807, 2.05) is 43.3 Å². The molecule has 0 spiro atoms. The Kier molecular flexibility index (Phi) is 4.05. The molecule has 0 saturated heterocycles. The molecule has 22 heavy (non-hydrogen) atoms. The van der Waals surface area contributed by atoms with Crippen LogP contribution in [-0.2, 0) is 11.2 Å². The molecule has 0 bridgehead atoms. The minimum Gasteiger partial charge on any atom is -0.306 e. The van der Waals surface area contributed by atoms with Crippen molar-refractivity contribution < 1.29 is 9.18 Å². The average molecular weight is 295 g/mol. The van der Waals surface area contributed by atoms with E-state index in [9.17, 15) is 9.18 Å². The van der Waals surface area contributed by atoms with E-state index < -0.39 is 0 Å². The van der Waals surface area contributed by atoms with Crippen molar-refractivity contribution in [3.8, 4) is 0 Å². The van der Waals surface area contributed by atoms with Gasteiger partial charge in [-0.3, -0.25) is 4.79 Å². The zero-order valence-corrected chi connectivity index (χ0v) is 12.5. The molecule has 3 rings (SSSR count). The van der Waals surface area contributed by atoms with Gasteiger partial charge in [0.15, 0.2) is 0 Å². The summed E-state index contributed by atoms with van der Waals surface area (Å²) in [6, 6.07) is 14.5. The summed E-state index contributed by atoms with van der Waals surface area (Å²) >= 11 is 0. The van der Waals surface area contributed by atoms with Gasteiger partial charge in [0.25, 0.3) is 5.91 Å². The Morgan fingerprint density at radius 1 is 1.23 bits per heavy atom. The normalized spacial score (nSPS) is 17.5. The molecular weight excluding hydrogens is 277 g/mol. The van der Waals surface area contributed by atoms with Crippen molar-refractivity contribution in [2.75, 3.05) is 4.90 Å². The number of carbonyl (C=O) groups excluding carboxylic acids is 1. The summed E-state index contributed by atoms with van der Waals surface area (Å²) in [5.41, 5.74) is 2.71. The molecule has 1 atom stereocenters. The van der Waals surface area contributed by atoms with Gasteiger partial charge in [0.05, 0.1) is 0 Å². The van der Waals surface area contributed by atoms with Gasteiger partial charge in [-0.25, -0.2) is 4.39 Å². The zero-order valence-electron chi connectivity index (χ0n) is 12.5. The number of anilines is 1. The second-order valence-corrected chi connectivity index (χ2v) is 5.61. The van der Waals surface area contributed by atoms with Crippen molar-refractivity contribution in [2.45, 2.75) is 25.8 Å². The predicted octanol–water partition coefficient (Wildman–Crippen LogP) is 4.21. The van der Waals surface area contributed by atoms with E-state index >= 15 is 0 Å². The molecule has 1 heterocycles. The Morgan fingerprint density at radius 3 is 2.77 bits per heavy atom. The largest absolute Gasteiger partial charge is 0.306 e. The van der Waals surface area contributed by atoms with Crippen LogP contribution in [0.25, 0.3) is 6.08 Å². The van der Waals surface area contributed by atoms with Crippen molar-refractivity contribution in [3.63, 3.8) is 0 Å². The van der Waals surface area contributed by atoms with Gasteiger partial charge in [-0.15, -0.1) is 0 Å². The highest BCUT2D eigenvalue weighted by atomic mass is 19.1. The summed E-state index contributed by atoms with van der Waals surface area (Å²) in [5, 5.41) is 0. The fraction of sp³-hybridized carbons (Fsp3) is 0.211. The quantitative estimate of drug-likeness (QED) is 0.760. The minimum absolute atomic E-state index is 0.0658. The number of rotatable bonds is 2. The van der Waals surface area contributed by atoms with Crippen LogP contribution < -0.4 is 4.90 Å². The molecule has 2 aromatic carbocycles. The van der Waals surface area contributed by atoms with Crippen LogP contribution in [0.3, 0.4) is 0 Å². The second kappa shape index (κ2) is 6.14. The van der Waals surface area contributed by atoms with Crippen molar-refractivity contribution in [1.29, 1.82) is 0 Å². The maximum atomic E-state index is 13.4. The lowest BCUT2D eigenvalue weighted by atomic mass is 9.96. The summed E-state index contributed by atoms with van der Waals surface area (Å²) in [5.74, 6) is -0.315. The highest BCUT2D eigenvalue weighted by Gasteiger charge is 2.27. The Labute approximate surface area is 129 Å². The molecule has 3 heteroatoms. The molecule has 2 aromatic rings. The average Bonchev–Trinajstić information content (AvgIpc) is 2.54. The van der Waals surface area contributed by atoms with Gasteiger partial charge in [-0.2, -0.15) is 0 Å². The molecule has 0 aliphatic carbocycles. The summed E-state index contributed by atoms with van der Waals surface area (Å²) in [6.45, 7) is 2.03. The number of hydrogen-bond donors (Lipinski definition) is 0. The van der Waals surface area contributed by atoms with E-state index in [0.717, 1.165) is 29.7 Å². The van der Waals surface area contributed by atoms with Crippen LogP contribution in [0.5, 0.6) is 0 Å². The lowest BCUT2D eigenvalue weighted by Crippen LogP contribution is -2.41. The third-order valence-electron chi connectivity index (χ3n) is 4.03. The van der Waals surface area contributed by atoms with Crippen LogP contribution in [0, 0.1) is 5.82 Å². The van der Waals surface area contributed by atoms with Crippen LogP contribution in [-0.4, -0.2) is 11.9 Å². The van der Waals surface area contributed by atoms with Gasteiger partial charge in [-0.1, -0.05) is 30.3 Å². The minimum atomic E-state index is -0.250. The second-order valence-electron chi connectivity index (χ2n) is 5.61. The SMILES string of the molecule is CC1CCc2cc(F)ccc2N1C(=O)C=Cc1ccccc1. The number of fused-ring (bicyclic) bond motifs is 1. The smallest absolute Gasteiger partial charge is 0.251 e. The fourth-order valence-corrected chi connectivity index (χ4v) is 2.87. The monoisotopic (exact) mass is 295 g/mol. The first kappa shape index (κ1) is 14.5. The lowest BCUT2D eigenvalue weighted by molar-refractivity contribution is -0.114. The summed E-state index contributed by atoms with van der Waals surface area (Å²) in [7, 11) is 0. The van der Waals surface area contributed by atoms with Gasteiger partial charge in [0, 0.05) is 17.8 Å². The molecule has 1 amide bonds. The van der Waals surface area contributed by atoms with Crippen molar-refractivity contribution in [3.05, 3.63) is 71.6 Å². The van der Waals surface area contributed by atoms with Gasteiger partial charge < -0.3 is 4.90 Å². The maximum Gasteiger partial charge on any atom is 0.251 e. The van der Waals surface area contributed by atoms with Crippen molar-refractivity contribution in [2.24, 2.45) is 0 Å². The molecular formula is C19H18FNO. The van der Waals surface area contributed by atoms with Crippen molar-refractivity contribution in [1.82, 2.24) is 0 Å². The van der Waals surface area contributed by atoms with E-state index in [0.29, 0.717) is 0 Å². The zero-order chi connectivity index (χ0) is 15.5. The number of benzene rings is 2. The highest BCUT2D eigenvalue weighted by molar-refractivity contribution is 6.05. The molecule has 1 aliphatic rings. The van der Waals surface area contributed by atoms with Crippen LogP contribution in [0.15, 0.2) is 54.6 Å². The number of nitrogens with zero attached hydrogens (tertiary/aromatic N) is 1. The highest BCUT2D eigenvalue weighted by Crippen LogP contribution is 2.31. The van der Waals surface area contributed by atoms with Crippen LogP contribution >= 0.6 is 0 Å². The first-order chi connectivity index (χ1) is 10.6. The van der Waals surface area contributed by atoms with Crippen LogP contribution in [0.2, 0.25) is 0 Å². The first-order valence-corrected chi connectivity index (χ1v) is 7.50. The molecule has 0 radical (unpaired) electrons.